The van der Waals surface area contributed by atoms with Crippen molar-refractivity contribution in [3.8, 4) is 0 Å². The highest BCUT2D eigenvalue weighted by molar-refractivity contribution is 8.21. The second-order valence-corrected chi connectivity index (χ2v) is 17.9. The molecule has 0 aliphatic carbocycles. The fourth-order valence-corrected chi connectivity index (χ4v) is 19.6. The third-order valence-electron chi connectivity index (χ3n) is 2.41. The fraction of sp³-hybridized carbons (Fsp3) is 1.00. The van der Waals surface area contributed by atoms with E-state index < -0.39 is 19.0 Å². The lowest BCUT2D eigenvalue weighted by Crippen LogP contribution is -2.01. The summed E-state index contributed by atoms with van der Waals surface area (Å²) in [4.78, 5) is 0. The summed E-state index contributed by atoms with van der Waals surface area (Å²) in [6.45, 7) is 6.27. The van der Waals surface area contributed by atoms with E-state index in [1.54, 1.807) is 0 Å². The summed E-state index contributed by atoms with van der Waals surface area (Å²) >= 11 is 24.5. The van der Waals surface area contributed by atoms with Gasteiger partial charge < -0.3 is 0 Å². The molecule has 0 radical (unpaired) electrons. The third kappa shape index (κ3) is 4.71. The van der Waals surface area contributed by atoms with Crippen molar-refractivity contribution in [2.75, 3.05) is 6.16 Å². The van der Waals surface area contributed by atoms with Crippen LogP contribution in [0, 0.1) is 0 Å². The molecule has 1 aliphatic heterocycles. The molecular formula is C7H16Cl4N3P3. The molecule has 0 bridgehead atoms. The molecule has 3 nitrogen and oxygen atoms in total. The Bertz CT molecular complexity index is 440. The fourth-order valence-electron chi connectivity index (χ4n) is 1.50. The van der Waals surface area contributed by atoms with Gasteiger partial charge in [-0.2, -0.15) is 4.52 Å². The van der Waals surface area contributed by atoms with E-state index in [9.17, 15) is 0 Å². The molecule has 102 valence electrons. The van der Waals surface area contributed by atoms with Gasteiger partial charge in [-0.25, -0.2) is 9.03 Å². The number of hydrogen-bond donors (Lipinski definition) is 0. The summed E-state index contributed by atoms with van der Waals surface area (Å²) in [6.07, 6.45) is 2.97. The van der Waals surface area contributed by atoms with Gasteiger partial charge in [-0.1, -0.05) is 27.2 Å². The van der Waals surface area contributed by atoms with Crippen LogP contribution in [0.2, 0.25) is 0 Å². The Labute approximate surface area is 122 Å². The Morgan fingerprint density at radius 2 is 1.47 bits per heavy atom. The first kappa shape index (κ1) is 16.9. The largest absolute Gasteiger partial charge is 0.255 e. The first-order valence-electron chi connectivity index (χ1n) is 5.31. The predicted molar refractivity (Wildman–Crippen MR) is 86.4 cm³/mol. The van der Waals surface area contributed by atoms with E-state index in [2.05, 4.69) is 34.3 Å². The second kappa shape index (κ2) is 6.09. The molecule has 1 heterocycles. The van der Waals surface area contributed by atoms with Gasteiger partial charge in [0.1, 0.15) is 0 Å². The van der Waals surface area contributed by atoms with Crippen LogP contribution in [0.3, 0.4) is 0 Å². The van der Waals surface area contributed by atoms with E-state index in [1.807, 2.05) is 0 Å². The van der Waals surface area contributed by atoms with Crippen LogP contribution in [0.25, 0.3) is 0 Å². The molecule has 0 saturated carbocycles. The van der Waals surface area contributed by atoms with Gasteiger partial charge >= 0.3 is 0 Å². The Kier molecular flexibility index (Phi) is 6.05. The zero-order valence-electron chi connectivity index (χ0n) is 9.89. The topological polar surface area (TPSA) is 37.1 Å². The van der Waals surface area contributed by atoms with E-state index in [0.29, 0.717) is 0 Å². The second-order valence-electron chi connectivity index (χ2n) is 4.14. The van der Waals surface area contributed by atoms with E-state index in [0.717, 1.165) is 19.0 Å². The SMILES string of the molecule is CCCCP1(C(C)C)=NP(Cl)(Cl)=NP(Cl)(Cl)=N1. The minimum atomic E-state index is -2.74. The normalized spacial score (nSPS) is 30.4. The quantitative estimate of drug-likeness (QED) is 0.443. The average Bonchev–Trinajstić information content (AvgIpc) is 2.09. The summed E-state index contributed by atoms with van der Waals surface area (Å²) in [6, 6.07) is 0. The smallest absolute Gasteiger partial charge is 0.213 e. The van der Waals surface area contributed by atoms with Gasteiger partial charge in [0.15, 0.2) is 0 Å². The lowest BCUT2D eigenvalue weighted by Gasteiger charge is -2.30. The number of halogens is 4. The van der Waals surface area contributed by atoms with Crippen molar-refractivity contribution in [1.82, 2.24) is 0 Å². The molecule has 0 spiro atoms. The van der Waals surface area contributed by atoms with Gasteiger partial charge in [0.2, 0.25) is 0 Å². The number of unbranched alkanes of at least 4 members (excludes halogenated alkanes) is 1. The van der Waals surface area contributed by atoms with Crippen molar-refractivity contribution in [3.05, 3.63) is 0 Å². The monoisotopic (exact) mass is 375 g/mol. The van der Waals surface area contributed by atoms with Gasteiger partial charge in [0.25, 0.3) is 11.8 Å². The van der Waals surface area contributed by atoms with E-state index >= 15 is 0 Å². The van der Waals surface area contributed by atoms with Crippen molar-refractivity contribution in [1.29, 1.82) is 0 Å². The Balaban J connectivity index is 3.38. The summed E-state index contributed by atoms with van der Waals surface area (Å²) < 4.78 is 13.1. The molecule has 1 atom stereocenters. The van der Waals surface area contributed by atoms with Crippen LogP contribution in [0.15, 0.2) is 13.5 Å². The molecule has 17 heavy (non-hydrogen) atoms. The molecule has 0 amide bonds. The molecule has 1 rings (SSSR count). The highest BCUT2D eigenvalue weighted by Crippen LogP contribution is 2.86. The number of rotatable bonds is 4. The summed E-state index contributed by atoms with van der Waals surface area (Å²) in [5.41, 5.74) is 0.262. The zero-order chi connectivity index (χ0) is 13.3. The lowest BCUT2D eigenvalue weighted by atomic mass is 10.4. The maximum Gasteiger partial charge on any atom is 0.255 e. The van der Waals surface area contributed by atoms with Gasteiger partial charge in [-0.15, -0.1) is 0 Å². The summed E-state index contributed by atoms with van der Waals surface area (Å²) in [5.74, 6) is -5.48. The first-order valence-corrected chi connectivity index (χ1v) is 14.3. The van der Waals surface area contributed by atoms with Crippen LogP contribution < -0.4 is 0 Å². The maximum absolute atomic E-state index is 6.13. The van der Waals surface area contributed by atoms with Gasteiger partial charge in [0.05, 0.1) is 7.21 Å². The number of nitrogens with zero attached hydrogens (tertiary/aromatic N) is 3. The van der Waals surface area contributed by atoms with Crippen molar-refractivity contribution < 1.29 is 0 Å². The Morgan fingerprint density at radius 3 is 1.88 bits per heavy atom. The van der Waals surface area contributed by atoms with Gasteiger partial charge in [-0.05, 0) is 51.4 Å². The molecule has 0 aromatic heterocycles. The molecule has 10 heteroatoms. The van der Waals surface area contributed by atoms with Gasteiger partial charge in [-0.3, -0.25) is 0 Å². The van der Waals surface area contributed by atoms with E-state index in [1.165, 1.54) is 0 Å². The van der Waals surface area contributed by atoms with Crippen LogP contribution in [0.1, 0.15) is 33.6 Å². The Morgan fingerprint density at radius 1 is 0.941 bits per heavy atom. The van der Waals surface area contributed by atoms with Crippen LogP contribution in [-0.2, 0) is 0 Å². The van der Waals surface area contributed by atoms with Crippen LogP contribution in [-0.4, -0.2) is 11.8 Å². The molecule has 1 aliphatic rings. The lowest BCUT2D eigenvalue weighted by molar-refractivity contribution is 0.879. The van der Waals surface area contributed by atoms with Crippen molar-refractivity contribution >= 4 is 64.0 Å². The molecule has 0 fully saturated rings. The Hall–Kier alpha value is 1.85. The molecule has 0 saturated heterocycles. The van der Waals surface area contributed by atoms with Crippen molar-refractivity contribution in [2.24, 2.45) is 13.5 Å². The van der Waals surface area contributed by atoms with Gasteiger partial charge in [0, 0.05) is 11.8 Å². The minimum Gasteiger partial charge on any atom is -0.213 e. The van der Waals surface area contributed by atoms with Crippen molar-refractivity contribution in [3.63, 3.8) is 0 Å². The zero-order valence-corrected chi connectivity index (χ0v) is 15.6. The minimum absolute atomic E-state index is 0.262. The van der Waals surface area contributed by atoms with Crippen LogP contribution >= 0.6 is 64.0 Å². The standard InChI is InChI=1S/C7H16Cl4N3P3/c1-4-5-6-15(7(2)3)12-16(8,9)14-17(10,11)13-15/h7H,4-6H2,1-3H3. The highest BCUT2D eigenvalue weighted by atomic mass is 35.9. The first-order chi connectivity index (χ1) is 7.63. The predicted octanol–water partition coefficient (Wildman–Crippen LogP) is 8.17. The van der Waals surface area contributed by atoms with Crippen LogP contribution in [0.4, 0.5) is 0 Å². The molecule has 0 aromatic carbocycles. The van der Waals surface area contributed by atoms with E-state index in [4.69, 9.17) is 45.0 Å². The van der Waals surface area contributed by atoms with Crippen LogP contribution in [0.5, 0.6) is 0 Å². The molecule has 1 unspecified atom stereocenters. The average molecular weight is 377 g/mol. The summed E-state index contributed by atoms with van der Waals surface area (Å²) in [5, 5.41) is 0. The van der Waals surface area contributed by atoms with E-state index in [-0.39, 0.29) is 5.66 Å². The molecule has 0 N–H and O–H groups in total. The maximum atomic E-state index is 6.13. The third-order valence-corrected chi connectivity index (χ3v) is 15.8. The molecule has 0 aromatic rings. The summed E-state index contributed by atoms with van der Waals surface area (Å²) in [7, 11) is -1.99. The van der Waals surface area contributed by atoms with Crippen molar-refractivity contribution in [2.45, 2.75) is 39.3 Å². The number of hydrogen-bond acceptors (Lipinski definition) is 3. The highest BCUT2D eigenvalue weighted by Gasteiger charge is 2.34. The molecular weight excluding hydrogens is 361 g/mol.